The van der Waals surface area contributed by atoms with Crippen LogP contribution >= 0.6 is 0 Å². The van der Waals surface area contributed by atoms with Gasteiger partial charge in [-0.1, -0.05) is 0 Å². The van der Waals surface area contributed by atoms with E-state index in [0.29, 0.717) is 11.6 Å². The Labute approximate surface area is 81.7 Å². The van der Waals surface area contributed by atoms with E-state index in [1.807, 2.05) is 6.07 Å². The van der Waals surface area contributed by atoms with Gasteiger partial charge in [0.1, 0.15) is 12.2 Å². The second-order valence-corrected chi connectivity index (χ2v) is 3.10. The Balaban J connectivity index is 1.99. The topological polar surface area (TPSA) is 70.8 Å². The van der Waals surface area contributed by atoms with Crippen molar-refractivity contribution in [3.8, 4) is 11.9 Å². The van der Waals surface area contributed by atoms with Crippen LogP contribution in [0.4, 0.5) is 0 Å². The van der Waals surface area contributed by atoms with Gasteiger partial charge in [-0.25, -0.2) is 0 Å². The van der Waals surface area contributed by atoms with Gasteiger partial charge in [0.15, 0.2) is 5.69 Å². The first-order chi connectivity index (χ1) is 6.88. The third-order valence-corrected chi connectivity index (χ3v) is 2.06. The third-order valence-electron chi connectivity index (χ3n) is 2.06. The molecule has 0 unspecified atom stereocenters. The molecule has 1 aromatic heterocycles. The fourth-order valence-corrected chi connectivity index (χ4v) is 1.34. The quantitative estimate of drug-likeness (QED) is 0.715. The lowest BCUT2D eigenvalue weighted by molar-refractivity contribution is 0.211. The second kappa shape index (κ2) is 4.03. The predicted octanol–water partition coefficient (Wildman–Crippen LogP) is 0.0890. The lowest BCUT2D eigenvalue weighted by Crippen LogP contribution is -2.20. The van der Waals surface area contributed by atoms with Crippen molar-refractivity contribution in [2.45, 2.75) is 12.5 Å². The highest BCUT2D eigenvalue weighted by atomic mass is 16.5. The molecular formula is C9H10N4O. The highest BCUT2D eigenvalue weighted by molar-refractivity contribution is 5.21. The SMILES string of the molecule is N#Cc1ccc(O[C@@H]2CCNC2)nn1. The van der Waals surface area contributed by atoms with Gasteiger partial charge in [0, 0.05) is 12.6 Å². The number of rotatable bonds is 2. The summed E-state index contributed by atoms with van der Waals surface area (Å²) in [5, 5.41) is 19.2. The van der Waals surface area contributed by atoms with E-state index in [1.165, 1.54) is 0 Å². The van der Waals surface area contributed by atoms with E-state index < -0.39 is 0 Å². The van der Waals surface area contributed by atoms with Crippen LogP contribution in [0.15, 0.2) is 12.1 Å². The summed E-state index contributed by atoms with van der Waals surface area (Å²) in [6.45, 7) is 1.83. The monoisotopic (exact) mass is 190 g/mol. The number of ether oxygens (including phenoxy) is 1. The summed E-state index contributed by atoms with van der Waals surface area (Å²) in [5.41, 5.74) is 0.307. The first kappa shape index (κ1) is 8.91. The minimum atomic E-state index is 0.178. The molecule has 0 spiro atoms. The van der Waals surface area contributed by atoms with Gasteiger partial charge in [0.2, 0.25) is 5.88 Å². The normalized spacial score (nSPS) is 20.4. The molecule has 1 N–H and O–H groups in total. The van der Waals surface area contributed by atoms with Gasteiger partial charge in [-0.05, 0) is 19.0 Å². The first-order valence-electron chi connectivity index (χ1n) is 4.49. The Hall–Kier alpha value is -1.67. The molecule has 1 aromatic rings. The summed E-state index contributed by atoms with van der Waals surface area (Å²) in [6.07, 6.45) is 1.17. The number of hydrogen-bond donors (Lipinski definition) is 1. The van der Waals surface area contributed by atoms with Crippen molar-refractivity contribution >= 4 is 0 Å². The van der Waals surface area contributed by atoms with E-state index in [9.17, 15) is 0 Å². The number of hydrogen-bond acceptors (Lipinski definition) is 5. The first-order valence-corrected chi connectivity index (χ1v) is 4.49. The average Bonchev–Trinajstić information content (AvgIpc) is 2.72. The van der Waals surface area contributed by atoms with Crippen molar-refractivity contribution < 1.29 is 4.74 Å². The van der Waals surface area contributed by atoms with Crippen LogP contribution in [0.3, 0.4) is 0 Å². The van der Waals surface area contributed by atoms with Gasteiger partial charge in [-0.3, -0.25) is 0 Å². The Kier molecular flexibility index (Phi) is 2.56. The summed E-state index contributed by atoms with van der Waals surface area (Å²) < 4.78 is 5.53. The van der Waals surface area contributed by atoms with Gasteiger partial charge >= 0.3 is 0 Å². The molecule has 0 amide bonds. The van der Waals surface area contributed by atoms with Crippen LogP contribution in [-0.2, 0) is 0 Å². The Bertz CT molecular complexity index is 337. The molecule has 1 atom stereocenters. The zero-order valence-corrected chi connectivity index (χ0v) is 7.60. The molecule has 5 nitrogen and oxygen atoms in total. The summed E-state index contributed by atoms with van der Waals surface area (Å²) in [5.74, 6) is 0.484. The van der Waals surface area contributed by atoms with E-state index >= 15 is 0 Å². The summed E-state index contributed by atoms with van der Waals surface area (Å²) in [4.78, 5) is 0. The Morgan fingerprint density at radius 2 is 2.43 bits per heavy atom. The number of nitrogens with one attached hydrogen (secondary N) is 1. The van der Waals surface area contributed by atoms with E-state index in [0.717, 1.165) is 19.5 Å². The van der Waals surface area contributed by atoms with Crippen molar-refractivity contribution in [3.05, 3.63) is 17.8 Å². The highest BCUT2D eigenvalue weighted by Crippen LogP contribution is 2.10. The summed E-state index contributed by atoms with van der Waals surface area (Å²) >= 11 is 0. The van der Waals surface area contributed by atoms with Crippen LogP contribution in [0.2, 0.25) is 0 Å². The smallest absolute Gasteiger partial charge is 0.233 e. The van der Waals surface area contributed by atoms with Crippen molar-refractivity contribution in [2.75, 3.05) is 13.1 Å². The second-order valence-electron chi connectivity index (χ2n) is 3.10. The number of nitrogens with zero attached hydrogens (tertiary/aromatic N) is 3. The van der Waals surface area contributed by atoms with Gasteiger partial charge in [0.25, 0.3) is 0 Å². The van der Waals surface area contributed by atoms with Crippen LogP contribution in [0.5, 0.6) is 5.88 Å². The molecule has 1 fully saturated rings. The van der Waals surface area contributed by atoms with Gasteiger partial charge < -0.3 is 10.1 Å². The van der Waals surface area contributed by atoms with Crippen molar-refractivity contribution in [1.29, 1.82) is 5.26 Å². The molecule has 1 aliphatic heterocycles. The Morgan fingerprint density at radius 3 is 3.00 bits per heavy atom. The molecule has 1 saturated heterocycles. The average molecular weight is 190 g/mol. The molecule has 72 valence electrons. The molecule has 0 radical (unpaired) electrons. The number of aromatic nitrogens is 2. The molecular weight excluding hydrogens is 180 g/mol. The fourth-order valence-electron chi connectivity index (χ4n) is 1.34. The molecule has 5 heteroatoms. The minimum Gasteiger partial charge on any atom is -0.472 e. The van der Waals surface area contributed by atoms with Crippen LogP contribution < -0.4 is 10.1 Å². The zero-order chi connectivity index (χ0) is 9.80. The predicted molar refractivity (Wildman–Crippen MR) is 48.6 cm³/mol. The highest BCUT2D eigenvalue weighted by Gasteiger charge is 2.16. The maximum absolute atomic E-state index is 8.51. The molecule has 0 aromatic carbocycles. The van der Waals surface area contributed by atoms with Crippen molar-refractivity contribution in [1.82, 2.24) is 15.5 Å². The standard InChI is InChI=1S/C9H10N4O/c10-5-7-1-2-9(13-12-7)14-8-3-4-11-6-8/h1-2,8,11H,3-4,6H2/t8-/m1/s1. The van der Waals surface area contributed by atoms with Crippen molar-refractivity contribution in [2.24, 2.45) is 0 Å². The van der Waals surface area contributed by atoms with E-state index in [-0.39, 0.29) is 6.10 Å². The van der Waals surface area contributed by atoms with Gasteiger partial charge in [0.05, 0.1) is 0 Å². The molecule has 2 heterocycles. The summed E-state index contributed by atoms with van der Waals surface area (Å²) in [7, 11) is 0. The van der Waals surface area contributed by atoms with E-state index in [2.05, 4.69) is 15.5 Å². The minimum absolute atomic E-state index is 0.178. The van der Waals surface area contributed by atoms with E-state index in [1.54, 1.807) is 12.1 Å². The summed E-state index contributed by atoms with van der Waals surface area (Å²) in [6, 6.07) is 5.18. The Morgan fingerprint density at radius 1 is 1.50 bits per heavy atom. The molecule has 1 aliphatic rings. The van der Waals surface area contributed by atoms with Crippen LogP contribution in [0.25, 0.3) is 0 Å². The maximum Gasteiger partial charge on any atom is 0.233 e. The van der Waals surface area contributed by atoms with Crippen LogP contribution in [0.1, 0.15) is 12.1 Å². The third kappa shape index (κ3) is 1.98. The molecule has 0 saturated carbocycles. The van der Waals surface area contributed by atoms with Crippen molar-refractivity contribution in [3.63, 3.8) is 0 Å². The lowest BCUT2D eigenvalue weighted by atomic mass is 10.3. The lowest BCUT2D eigenvalue weighted by Gasteiger charge is -2.09. The van der Waals surface area contributed by atoms with Crippen LogP contribution in [-0.4, -0.2) is 29.4 Å². The van der Waals surface area contributed by atoms with Gasteiger partial charge in [-0.15, -0.1) is 10.2 Å². The van der Waals surface area contributed by atoms with Gasteiger partial charge in [-0.2, -0.15) is 5.26 Å². The molecule has 2 rings (SSSR count). The largest absolute Gasteiger partial charge is 0.472 e. The molecule has 0 bridgehead atoms. The maximum atomic E-state index is 8.51. The fraction of sp³-hybridized carbons (Fsp3) is 0.444. The molecule has 0 aliphatic carbocycles. The van der Waals surface area contributed by atoms with E-state index in [4.69, 9.17) is 10.00 Å². The van der Waals surface area contributed by atoms with Crippen LogP contribution in [0, 0.1) is 11.3 Å². The zero-order valence-electron chi connectivity index (χ0n) is 7.60. The molecule has 14 heavy (non-hydrogen) atoms. The number of nitriles is 1.